The minimum absolute atomic E-state index is 0.0567. The van der Waals surface area contributed by atoms with Crippen LogP contribution in [0, 0.1) is 0 Å². The van der Waals surface area contributed by atoms with Crippen molar-refractivity contribution < 1.29 is 32.9 Å². The fourth-order valence-corrected chi connectivity index (χ4v) is 8.91. The summed E-state index contributed by atoms with van der Waals surface area (Å²) >= 11 is 0. The number of hydrogen-bond acceptors (Lipinski definition) is 5. The Morgan fingerprint density at radius 3 is 1.23 bits per heavy atom. The third-order valence-corrected chi connectivity index (χ3v) is 13.6. The van der Waals surface area contributed by atoms with E-state index in [1.54, 1.807) is 6.08 Å². The van der Waals surface area contributed by atoms with Gasteiger partial charge in [0.15, 0.2) is 0 Å². The van der Waals surface area contributed by atoms with Crippen molar-refractivity contribution in [2.45, 2.75) is 276 Å². The lowest BCUT2D eigenvalue weighted by Gasteiger charge is -2.25. The molecule has 0 aromatic heterocycles. The van der Waals surface area contributed by atoms with E-state index < -0.39 is 20.0 Å². The zero-order chi connectivity index (χ0) is 47.8. The molecule has 0 rings (SSSR count). The van der Waals surface area contributed by atoms with E-state index in [4.69, 9.17) is 9.05 Å². The molecule has 0 saturated carbocycles. The van der Waals surface area contributed by atoms with Crippen LogP contribution >= 0.6 is 7.82 Å². The van der Waals surface area contributed by atoms with E-state index in [1.165, 1.54) is 205 Å². The number of phosphoric acid groups is 1. The highest BCUT2D eigenvalue weighted by Gasteiger charge is 2.27. The summed E-state index contributed by atoms with van der Waals surface area (Å²) in [6.07, 6.45) is 61.0. The van der Waals surface area contributed by atoms with E-state index in [0.717, 1.165) is 38.5 Å². The monoisotopic (exact) mass is 938 g/mol. The first-order chi connectivity index (χ1) is 31.5. The van der Waals surface area contributed by atoms with Gasteiger partial charge in [-0.15, -0.1) is 0 Å². The molecule has 0 fully saturated rings. The minimum atomic E-state index is -4.35. The number of hydrogen-bond donors (Lipinski definition) is 3. The van der Waals surface area contributed by atoms with Gasteiger partial charge in [0.05, 0.1) is 39.9 Å². The van der Waals surface area contributed by atoms with Gasteiger partial charge in [-0.3, -0.25) is 13.8 Å². The van der Waals surface area contributed by atoms with Crippen LogP contribution in [-0.4, -0.2) is 73.4 Å². The van der Waals surface area contributed by atoms with Crippen molar-refractivity contribution in [3.05, 3.63) is 36.5 Å². The van der Waals surface area contributed by atoms with E-state index in [1.807, 2.05) is 27.2 Å². The molecular formula is C56H110N2O6P+. The summed E-state index contributed by atoms with van der Waals surface area (Å²) in [5.74, 6) is -0.185. The van der Waals surface area contributed by atoms with Crippen LogP contribution in [0.4, 0.5) is 0 Å². The average molecular weight is 938 g/mol. The van der Waals surface area contributed by atoms with Crippen molar-refractivity contribution in [3.63, 3.8) is 0 Å². The Kier molecular flexibility index (Phi) is 46.8. The molecule has 65 heavy (non-hydrogen) atoms. The summed E-state index contributed by atoms with van der Waals surface area (Å²) in [6.45, 7) is 4.82. The minimum Gasteiger partial charge on any atom is -0.387 e. The van der Waals surface area contributed by atoms with Crippen molar-refractivity contribution in [3.8, 4) is 0 Å². The Hall–Kier alpha value is -1.28. The normalized spacial score (nSPS) is 14.3. The number of carbonyl (C=O) groups excluding carboxylic acids is 1. The van der Waals surface area contributed by atoms with Gasteiger partial charge < -0.3 is 19.8 Å². The Morgan fingerprint density at radius 2 is 0.846 bits per heavy atom. The predicted octanol–water partition coefficient (Wildman–Crippen LogP) is 16.6. The van der Waals surface area contributed by atoms with Crippen molar-refractivity contribution in [2.24, 2.45) is 0 Å². The Balaban J connectivity index is 4.19. The van der Waals surface area contributed by atoms with Crippen LogP contribution in [0.1, 0.15) is 264 Å². The van der Waals surface area contributed by atoms with Gasteiger partial charge in [0, 0.05) is 6.42 Å². The van der Waals surface area contributed by atoms with Crippen molar-refractivity contribution >= 4 is 13.7 Å². The summed E-state index contributed by atoms with van der Waals surface area (Å²) in [4.78, 5) is 23.2. The molecule has 3 unspecified atom stereocenters. The second-order valence-corrected chi connectivity index (χ2v) is 21.8. The number of rotatable bonds is 51. The smallest absolute Gasteiger partial charge is 0.387 e. The number of nitrogens with zero attached hydrogens (tertiary/aromatic N) is 1. The number of aliphatic hydroxyl groups excluding tert-OH is 1. The summed E-state index contributed by atoms with van der Waals surface area (Å²) < 4.78 is 23.6. The van der Waals surface area contributed by atoms with Crippen molar-refractivity contribution in [2.75, 3.05) is 40.9 Å². The van der Waals surface area contributed by atoms with E-state index in [9.17, 15) is 19.4 Å². The van der Waals surface area contributed by atoms with E-state index in [2.05, 4.69) is 43.5 Å². The maximum absolute atomic E-state index is 13.0. The molecule has 0 radical (unpaired) electrons. The summed E-state index contributed by atoms with van der Waals surface area (Å²) in [5.41, 5.74) is 0. The number of nitrogens with one attached hydrogen (secondary N) is 1. The molecule has 0 aliphatic rings. The average Bonchev–Trinajstić information content (AvgIpc) is 3.26. The first-order valence-electron chi connectivity index (χ1n) is 27.9. The zero-order valence-corrected chi connectivity index (χ0v) is 44.6. The van der Waals surface area contributed by atoms with Gasteiger partial charge in [-0.1, -0.05) is 237 Å². The molecule has 0 aromatic carbocycles. The molecule has 0 aliphatic heterocycles. The van der Waals surface area contributed by atoms with Crippen molar-refractivity contribution in [1.29, 1.82) is 0 Å². The quantitative estimate of drug-likeness (QED) is 0.0243. The van der Waals surface area contributed by atoms with Gasteiger partial charge in [-0.2, -0.15) is 0 Å². The van der Waals surface area contributed by atoms with Gasteiger partial charge >= 0.3 is 7.82 Å². The van der Waals surface area contributed by atoms with E-state index >= 15 is 0 Å². The van der Waals surface area contributed by atoms with Crippen LogP contribution in [0.2, 0.25) is 0 Å². The lowest BCUT2D eigenvalue weighted by molar-refractivity contribution is -0.870. The summed E-state index contributed by atoms with van der Waals surface area (Å²) in [6, 6.07) is -0.863. The predicted molar refractivity (Wildman–Crippen MR) is 281 cm³/mol. The highest BCUT2D eigenvalue weighted by molar-refractivity contribution is 7.47. The molecule has 1 amide bonds. The van der Waals surface area contributed by atoms with Gasteiger partial charge in [0.25, 0.3) is 0 Å². The first-order valence-corrected chi connectivity index (χ1v) is 29.4. The highest BCUT2D eigenvalue weighted by atomic mass is 31.2. The number of unbranched alkanes of at least 4 members (excludes halogenated alkanes) is 34. The fraction of sp³-hybridized carbons (Fsp3) is 0.875. The highest BCUT2D eigenvalue weighted by Crippen LogP contribution is 2.43. The molecule has 3 N–H and O–H groups in total. The molecular weight excluding hydrogens is 828 g/mol. The SMILES string of the molecule is CCCCCCCCCCCC/C=C/CC/C=C/C(O)C(COP(=O)(O)OCC[N+](C)(C)C)NC(=O)CCCCCCCCCCCCC/C=C\CCCCCCCCCCCCCC. The van der Waals surface area contributed by atoms with Crippen LogP contribution in [0.5, 0.6) is 0 Å². The zero-order valence-electron chi connectivity index (χ0n) is 43.7. The molecule has 9 heteroatoms. The first kappa shape index (κ1) is 63.7. The second kappa shape index (κ2) is 47.8. The van der Waals surface area contributed by atoms with Crippen LogP contribution in [0.3, 0.4) is 0 Å². The van der Waals surface area contributed by atoms with E-state index in [-0.39, 0.29) is 19.1 Å². The van der Waals surface area contributed by atoms with Gasteiger partial charge in [0.2, 0.25) is 5.91 Å². The summed E-state index contributed by atoms with van der Waals surface area (Å²) in [7, 11) is 1.56. The number of likely N-dealkylation sites (N-methyl/N-ethyl adjacent to an activating group) is 1. The maximum atomic E-state index is 13.0. The number of amides is 1. The lowest BCUT2D eigenvalue weighted by atomic mass is 10.0. The van der Waals surface area contributed by atoms with Gasteiger partial charge in [-0.05, 0) is 57.8 Å². The van der Waals surface area contributed by atoms with Crippen LogP contribution in [0.15, 0.2) is 36.5 Å². The number of quaternary nitrogens is 1. The molecule has 3 atom stereocenters. The second-order valence-electron chi connectivity index (χ2n) is 20.3. The third-order valence-electron chi connectivity index (χ3n) is 12.6. The third kappa shape index (κ3) is 50.4. The molecule has 0 heterocycles. The van der Waals surface area contributed by atoms with Crippen molar-refractivity contribution in [1.82, 2.24) is 5.32 Å². The Labute approximate surface area is 404 Å². The number of carbonyl (C=O) groups is 1. The van der Waals surface area contributed by atoms with E-state index in [0.29, 0.717) is 17.4 Å². The molecule has 0 aromatic rings. The number of phosphoric ester groups is 1. The molecule has 0 saturated heterocycles. The number of allylic oxidation sites excluding steroid dienone is 5. The van der Waals surface area contributed by atoms with Crippen LogP contribution in [0.25, 0.3) is 0 Å². The van der Waals surface area contributed by atoms with Crippen LogP contribution in [-0.2, 0) is 18.4 Å². The summed E-state index contributed by atoms with van der Waals surface area (Å²) in [5, 5.41) is 13.9. The Morgan fingerprint density at radius 1 is 0.508 bits per heavy atom. The largest absolute Gasteiger partial charge is 0.472 e. The lowest BCUT2D eigenvalue weighted by Crippen LogP contribution is -2.45. The van der Waals surface area contributed by atoms with Gasteiger partial charge in [0.1, 0.15) is 13.2 Å². The van der Waals surface area contributed by atoms with Gasteiger partial charge in [-0.25, -0.2) is 4.57 Å². The molecule has 8 nitrogen and oxygen atoms in total. The Bertz CT molecular complexity index is 1150. The fourth-order valence-electron chi connectivity index (χ4n) is 8.17. The molecule has 0 spiro atoms. The standard InChI is InChI=1S/C56H109N2O6P/c1-6-8-10-12-14-16-18-20-22-24-25-26-27-28-29-30-31-32-33-34-36-38-40-42-44-46-48-50-56(60)57-54(53-64-65(61,62)63-52-51-58(3,4)5)55(59)49-47-45-43-41-39-37-35-23-21-19-17-15-13-11-9-7-2/h28-29,39,41,47,49,54-55,59H,6-27,30-38,40,42-46,48,50-53H2,1-5H3,(H-,57,60,61,62)/p+1/b29-28-,41-39+,49-47+. The number of aliphatic hydroxyl groups is 1. The topological polar surface area (TPSA) is 105 Å². The maximum Gasteiger partial charge on any atom is 0.472 e. The van der Waals surface area contributed by atoms with Crippen LogP contribution < -0.4 is 5.32 Å². The molecule has 0 aliphatic carbocycles. The molecule has 0 bridgehead atoms. The molecule has 384 valence electrons.